The maximum atomic E-state index is 12.0. The largest absolute Gasteiger partial charge is 0.319 e. The van der Waals surface area contributed by atoms with E-state index >= 15 is 0 Å². The number of hydrogen-bond donors (Lipinski definition) is 2. The van der Waals surface area contributed by atoms with Gasteiger partial charge in [-0.3, -0.25) is 9.89 Å². The van der Waals surface area contributed by atoms with Gasteiger partial charge in [0.15, 0.2) is 0 Å². The van der Waals surface area contributed by atoms with Gasteiger partial charge < -0.3 is 5.32 Å². The number of amides is 1. The van der Waals surface area contributed by atoms with Crippen LogP contribution in [-0.4, -0.2) is 27.6 Å². The van der Waals surface area contributed by atoms with Crippen molar-refractivity contribution in [2.45, 2.75) is 4.58 Å². The van der Waals surface area contributed by atoms with Crippen molar-refractivity contribution in [3.8, 4) is 0 Å². The number of aromatic amines is 1. The summed E-state index contributed by atoms with van der Waals surface area (Å²) in [6, 6.07) is 7.84. The van der Waals surface area contributed by atoms with Crippen LogP contribution in [0.3, 0.4) is 0 Å². The molecule has 1 amide bonds. The number of carbonyl (C=O) groups is 1. The number of nitrogens with zero attached hydrogens (tertiary/aromatic N) is 1. The second kappa shape index (κ2) is 5.71. The van der Waals surface area contributed by atoms with Crippen LogP contribution in [0.2, 0.25) is 0 Å². The molecule has 3 rings (SSSR count). The molecular formula is C13H13N3OS2. The summed E-state index contributed by atoms with van der Waals surface area (Å²) in [5, 5.41) is 9.24. The van der Waals surface area contributed by atoms with E-state index in [4.69, 9.17) is 0 Å². The van der Waals surface area contributed by atoms with Gasteiger partial charge in [-0.1, -0.05) is 12.1 Å². The molecule has 2 aromatic rings. The number of nitrogens with one attached hydrogen (secondary N) is 2. The Labute approximate surface area is 119 Å². The zero-order chi connectivity index (χ0) is 13.1. The number of hydrogen-bond acceptors (Lipinski definition) is 4. The van der Waals surface area contributed by atoms with Crippen LogP contribution in [0.15, 0.2) is 36.7 Å². The van der Waals surface area contributed by atoms with Crippen LogP contribution in [0.5, 0.6) is 0 Å². The summed E-state index contributed by atoms with van der Waals surface area (Å²) >= 11 is 3.93. The van der Waals surface area contributed by atoms with Crippen LogP contribution < -0.4 is 5.32 Å². The molecule has 0 bridgehead atoms. The molecular weight excluding hydrogens is 278 g/mol. The summed E-state index contributed by atoms with van der Waals surface area (Å²) in [5.41, 5.74) is 2.63. The van der Waals surface area contributed by atoms with E-state index in [0.29, 0.717) is 15.8 Å². The van der Waals surface area contributed by atoms with E-state index in [1.807, 2.05) is 47.8 Å². The van der Waals surface area contributed by atoms with Crippen LogP contribution in [-0.2, 0) is 0 Å². The molecule has 1 saturated heterocycles. The molecule has 98 valence electrons. The Morgan fingerprint density at radius 2 is 2.00 bits per heavy atom. The Hall–Kier alpha value is -1.40. The van der Waals surface area contributed by atoms with E-state index in [1.165, 1.54) is 17.1 Å². The van der Waals surface area contributed by atoms with Crippen molar-refractivity contribution in [2.75, 3.05) is 16.8 Å². The predicted octanol–water partition coefficient (Wildman–Crippen LogP) is 3.14. The lowest BCUT2D eigenvalue weighted by Gasteiger charge is -2.09. The van der Waals surface area contributed by atoms with Crippen LogP contribution >= 0.6 is 23.5 Å². The number of anilines is 1. The standard InChI is InChI=1S/C13H13N3OS2/c17-12(16-11-7-14-15-8-11)9-1-3-10(4-2-9)13-18-5-6-19-13/h1-4,7-8,13H,5-6H2,(H,14,15)(H,16,17). The minimum absolute atomic E-state index is 0.111. The van der Waals surface area contributed by atoms with Gasteiger partial charge in [0.05, 0.1) is 16.5 Å². The van der Waals surface area contributed by atoms with Crippen molar-refractivity contribution < 1.29 is 4.79 Å². The van der Waals surface area contributed by atoms with Gasteiger partial charge in [0.2, 0.25) is 0 Å². The Morgan fingerprint density at radius 1 is 1.26 bits per heavy atom. The molecule has 0 spiro atoms. The van der Waals surface area contributed by atoms with E-state index in [2.05, 4.69) is 15.5 Å². The molecule has 1 aromatic carbocycles. The number of thioether (sulfide) groups is 2. The quantitative estimate of drug-likeness (QED) is 0.912. The first-order chi connectivity index (χ1) is 9.33. The zero-order valence-electron chi connectivity index (χ0n) is 10.1. The Bertz CT molecular complexity index is 548. The number of carbonyl (C=O) groups excluding carboxylic acids is 1. The van der Waals surface area contributed by atoms with Crippen LogP contribution in [0.4, 0.5) is 5.69 Å². The van der Waals surface area contributed by atoms with Gasteiger partial charge >= 0.3 is 0 Å². The molecule has 6 heteroatoms. The highest BCUT2D eigenvalue weighted by molar-refractivity contribution is 8.19. The first kappa shape index (κ1) is 12.6. The van der Waals surface area contributed by atoms with Crippen molar-refractivity contribution in [3.63, 3.8) is 0 Å². The molecule has 19 heavy (non-hydrogen) atoms. The fourth-order valence-corrected chi connectivity index (χ4v) is 4.72. The molecule has 2 N–H and O–H groups in total. The number of H-pyrrole nitrogens is 1. The van der Waals surface area contributed by atoms with E-state index in [9.17, 15) is 4.79 Å². The smallest absolute Gasteiger partial charge is 0.255 e. The lowest BCUT2D eigenvalue weighted by molar-refractivity contribution is 0.102. The first-order valence-corrected chi connectivity index (χ1v) is 8.06. The van der Waals surface area contributed by atoms with Crippen LogP contribution in [0, 0.1) is 0 Å². The van der Waals surface area contributed by atoms with E-state index in [1.54, 1.807) is 12.4 Å². The highest BCUT2D eigenvalue weighted by atomic mass is 32.2. The number of benzene rings is 1. The van der Waals surface area contributed by atoms with Crippen molar-refractivity contribution in [1.82, 2.24) is 10.2 Å². The minimum Gasteiger partial charge on any atom is -0.319 e. The monoisotopic (exact) mass is 291 g/mol. The van der Waals surface area contributed by atoms with Gasteiger partial charge in [-0.15, -0.1) is 23.5 Å². The maximum absolute atomic E-state index is 12.0. The second-order valence-corrected chi connectivity index (χ2v) is 6.86. The van der Waals surface area contributed by atoms with Gasteiger partial charge in [0.25, 0.3) is 5.91 Å². The normalized spacial score (nSPS) is 15.6. The predicted molar refractivity (Wildman–Crippen MR) is 80.6 cm³/mol. The number of rotatable bonds is 3. The molecule has 0 aliphatic carbocycles. The Morgan fingerprint density at radius 3 is 2.63 bits per heavy atom. The van der Waals surface area contributed by atoms with Crippen molar-refractivity contribution in [2.24, 2.45) is 0 Å². The summed E-state index contributed by atoms with van der Waals surface area (Å²) in [7, 11) is 0. The summed E-state index contributed by atoms with van der Waals surface area (Å²) in [5.74, 6) is 2.30. The topological polar surface area (TPSA) is 57.8 Å². The molecule has 0 atom stereocenters. The third kappa shape index (κ3) is 2.96. The molecule has 4 nitrogen and oxygen atoms in total. The molecule has 1 fully saturated rings. The third-order valence-corrected chi connectivity index (χ3v) is 5.93. The van der Waals surface area contributed by atoms with Gasteiger partial charge in [-0.25, -0.2) is 0 Å². The average Bonchev–Trinajstić information content (AvgIpc) is 3.12. The summed E-state index contributed by atoms with van der Waals surface area (Å²) < 4.78 is 0.519. The van der Waals surface area contributed by atoms with Crippen molar-refractivity contribution in [1.29, 1.82) is 0 Å². The minimum atomic E-state index is -0.111. The van der Waals surface area contributed by atoms with Gasteiger partial charge in [-0.05, 0) is 17.7 Å². The summed E-state index contributed by atoms with van der Waals surface area (Å²) in [6.45, 7) is 0. The van der Waals surface area contributed by atoms with E-state index in [0.717, 1.165) is 0 Å². The zero-order valence-corrected chi connectivity index (χ0v) is 11.8. The molecule has 0 unspecified atom stereocenters. The van der Waals surface area contributed by atoms with E-state index < -0.39 is 0 Å². The Balaban J connectivity index is 1.69. The second-order valence-electron chi connectivity index (χ2n) is 4.14. The molecule has 1 aliphatic rings. The van der Waals surface area contributed by atoms with Crippen molar-refractivity contribution >= 4 is 35.1 Å². The molecule has 1 aliphatic heterocycles. The Kier molecular flexibility index (Phi) is 3.79. The lowest BCUT2D eigenvalue weighted by Crippen LogP contribution is -2.11. The fourth-order valence-electron chi connectivity index (χ4n) is 1.87. The van der Waals surface area contributed by atoms with E-state index in [-0.39, 0.29) is 5.91 Å². The third-order valence-electron chi connectivity index (χ3n) is 2.82. The van der Waals surface area contributed by atoms with Crippen molar-refractivity contribution in [3.05, 3.63) is 47.8 Å². The number of aromatic nitrogens is 2. The SMILES string of the molecule is O=C(Nc1cn[nH]c1)c1ccc(C2SCCS2)cc1. The molecule has 2 heterocycles. The lowest BCUT2D eigenvalue weighted by atomic mass is 10.1. The van der Waals surface area contributed by atoms with Gasteiger partial charge in [0, 0.05) is 23.3 Å². The molecule has 1 aromatic heterocycles. The summed E-state index contributed by atoms with van der Waals surface area (Å²) in [6.07, 6.45) is 3.23. The highest BCUT2D eigenvalue weighted by Crippen LogP contribution is 2.45. The average molecular weight is 291 g/mol. The van der Waals surface area contributed by atoms with Crippen LogP contribution in [0.1, 0.15) is 20.5 Å². The molecule has 0 saturated carbocycles. The van der Waals surface area contributed by atoms with Gasteiger partial charge in [0.1, 0.15) is 0 Å². The van der Waals surface area contributed by atoms with Gasteiger partial charge in [-0.2, -0.15) is 5.10 Å². The van der Waals surface area contributed by atoms with Crippen LogP contribution in [0.25, 0.3) is 0 Å². The fraction of sp³-hybridized carbons (Fsp3) is 0.231. The molecule has 0 radical (unpaired) electrons. The highest BCUT2D eigenvalue weighted by Gasteiger charge is 2.18. The summed E-state index contributed by atoms with van der Waals surface area (Å²) in [4.78, 5) is 12.0. The maximum Gasteiger partial charge on any atom is 0.255 e. The first-order valence-electron chi connectivity index (χ1n) is 5.96.